The highest BCUT2D eigenvalue weighted by atomic mass is 16.5. The molecular weight excluding hydrogens is 156 g/mol. The molecule has 0 saturated carbocycles. The van der Waals surface area contributed by atoms with Crippen LogP contribution < -0.4 is 11.5 Å². The lowest BCUT2D eigenvalue weighted by atomic mass is 10.1. The van der Waals surface area contributed by atoms with E-state index in [-0.39, 0.29) is 12.7 Å². The summed E-state index contributed by atoms with van der Waals surface area (Å²) < 4.78 is 5.30. The maximum Gasteiger partial charge on any atom is 0.236 e. The molecule has 0 radical (unpaired) electrons. The average molecular weight is 174 g/mol. The monoisotopic (exact) mass is 174 g/mol. The van der Waals surface area contributed by atoms with Crippen LogP contribution in [0, 0.1) is 5.92 Å². The fraction of sp³-hybridized carbons (Fsp3) is 0.875. The van der Waals surface area contributed by atoms with Crippen LogP contribution in [0.3, 0.4) is 0 Å². The van der Waals surface area contributed by atoms with Crippen molar-refractivity contribution in [1.82, 2.24) is 0 Å². The summed E-state index contributed by atoms with van der Waals surface area (Å²) in [6.45, 7) is 6.23. The lowest BCUT2D eigenvalue weighted by molar-refractivity contribution is -0.121. The van der Waals surface area contributed by atoms with Gasteiger partial charge in [-0.25, -0.2) is 0 Å². The summed E-state index contributed by atoms with van der Waals surface area (Å²) in [5.41, 5.74) is 10.3. The van der Waals surface area contributed by atoms with Crippen LogP contribution in [0.2, 0.25) is 0 Å². The summed E-state index contributed by atoms with van der Waals surface area (Å²) in [6.07, 6.45) is 0.107. The molecule has 0 fully saturated rings. The van der Waals surface area contributed by atoms with Gasteiger partial charge in [-0.1, -0.05) is 13.8 Å². The van der Waals surface area contributed by atoms with E-state index in [1.807, 2.05) is 20.8 Å². The van der Waals surface area contributed by atoms with Gasteiger partial charge in [0, 0.05) is 0 Å². The van der Waals surface area contributed by atoms with E-state index in [9.17, 15) is 4.79 Å². The van der Waals surface area contributed by atoms with Gasteiger partial charge in [-0.15, -0.1) is 0 Å². The van der Waals surface area contributed by atoms with Crippen LogP contribution in [0.5, 0.6) is 0 Å². The fourth-order valence-electron chi connectivity index (χ4n) is 0.530. The fourth-order valence-corrected chi connectivity index (χ4v) is 0.530. The van der Waals surface area contributed by atoms with E-state index in [4.69, 9.17) is 16.2 Å². The maximum absolute atomic E-state index is 10.5. The Bertz CT molecular complexity index is 148. The molecule has 0 aliphatic heterocycles. The van der Waals surface area contributed by atoms with E-state index in [2.05, 4.69) is 0 Å². The first kappa shape index (κ1) is 11.4. The van der Waals surface area contributed by atoms with E-state index >= 15 is 0 Å². The number of amides is 1. The van der Waals surface area contributed by atoms with Crippen molar-refractivity contribution in [3.8, 4) is 0 Å². The Morgan fingerprint density at radius 1 is 1.42 bits per heavy atom. The van der Waals surface area contributed by atoms with Crippen LogP contribution >= 0.6 is 0 Å². The molecule has 0 aromatic heterocycles. The number of carbonyl (C=O) groups is 1. The van der Waals surface area contributed by atoms with Gasteiger partial charge in [0.1, 0.15) is 6.04 Å². The Balaban J connectivity index is 3.61. The molecule has 4 N–H and O–H groups in total. The van der Waals surface area contributed by atoms with Gasteiger partial charge in [-0.05, 0) is 12.8 Å². The van der Waals surface area contributed by atoms with Gasteiger partial charge in [0.2, 0.25) is 5.91 Å². The number of hydrogen-bond donors (Lipinski definition) is 2. The third-order valence-corrected chi connectivity index (χ3v) is 1.84. The third kappa shape index (κ3) is 4.31. The summed E-state index contributed by atoms with van der Waals surface area (Å²) in [5.74, 6) is -0.101. The first-order valence-corrected chi connectivity index (χ1v) is 4.11. The highest BCUT2D eigenvalue weighted by Crippen LogP contribution is 2.04. The minimum absolute atomic E-state index is 0.107. The van der Waals surface area contributed by atoms with Crippen LogP contribution in [0.15, 0.2) is 0 Å². The zero-order valence-electron chi connectivity index (χ0n) is 7.91. The van der Waals surface area contributed by atoms with Crippen LogP contribution in [0.25, 0.3) is 0 Å². The van der Waals surface area contributed by atoms with E-state index < -0.39 is 11.9 Å². The van der Waals surface area contributed by atoms with E-state index in [0.29, 0.717) is 5.92 Å². The quantitative estimate of drug-likeness (QED) is 0.609. The van der Waals surface area contributed by atoms with Crippen molar-refractivity contribution in [2.24, 2.45) is 17.4 Å². The molecule has 72 valence electrons. The van der Waals surface area contributed by atoms with Gasteiger partial charge in [-0.2, -0.15) is 0 Å². The lowest BCUT2D eigenvalue weighted by Crippen LogP contribution is -2.41. The predicted molar refractivity (Wildman–Crippen MR) is 47.4 cm³/mol. The Kier molecular flexibility index (Phi) is 4.85. The number of primary amides is 1. The molecule has 0 aromatic rings. The summed E-state index contributed by atoms with van der Waals surface area (Å²) >= 11 is 0. The molecule has 12 heavy (non-hydrogen) atoms. The SMILES string of the molecule is CC(C)C(C)OCC(N)C(N)=O. The molecule has 4 nitrogen and oxygen atoms in total. The molecular formula is C8H18N2O2. The topological polar surface area (TPSA) is 78.3 Å². The average Bonchev–Trinajstić information content (AvgIpc) is 1.98. The van der Waals surface area contributed by atoms with Gasteiger partial charge in [0.05, 0.1) is 12.7 Å². The Labute approximate surface area is 73.2 Å². The second kappa shape index (κ2) is 5.11. The number of carbonyl (C=O) groups excluding carboxylic acids is 1. The molecule has 0 aliphatic carbocycles. The van der Waals surface area contributed by atoms with Crippen molar-refractivity contribution in [1.29, 1.82) is 0 Å². The maximum atomic E-state index is 10.5. The Morgan fingerprint density at radius 2 is 1.92 bits per heavy atom. The number of hydrogen-bond acceptors (Lipinski definition) is 3. The van der Waals surface area contributed by atoms with Crippen LogP contribution in [0.4, 0.5) is 0 Å². The van der Waals surface area contributed by atoms with Crippen molar-refractivity contribution in [3.05, 3.63) is 0 Å². The van der Waals surface area contributed by atoms with E-state index in [1.165, 1.54) is 0 Å². The highest BCUT2D eigenvalue weighted by Gasteiger charge is 2.13. The van der Waals surface area contributed by atoms with Crippen molar-refractivity contribution in [2.45, 2.75) is 32.9 Å². The van der Waals surface area contributed by atoms with Crippen LogP contribution in [0.1, 0.15) is 20.8 Å². The van der Waals surface area contributed by atoms with Gasteiger partial charge in [0.15, 0.2) is 0 Å². The summed E-state index contributed by atoms with van der Waals surface area (Å²) in [5, 5.41) is 0. The number of rotatable bonds is 5. The molecule has 0 spiro atoms. The molecule has 0 saturated heterocycles. The van der Waals surface area contributed by atoms with Gasteiger partial charge >= 0.3 is 0 Å². The second-order valence-corrected chi connectivity index (χ2v) is 3.29. The van der Waals surface area contributed by atoms with Crippen molar-refractivity contribution in [3.63, 3.8) is 0 Å². The molecule has 0 bridgehead atoms. The summed E-state index contributed by atoms with van der Waals surface area (Å²) in [7, 11) is 0. The van der Waals surface area contributed by atoms with Crippen LogP contribution in [-0.2, 0) is 9.53 Å². The second-order valence-electron chi connectivity index (χ2n) is 3.29. The molecule has 4 heteroatoms. The third-order valence-electron chi connectivity index (χ3n) is 1.84. The smallest absolute Gasteiger partial charge is 0.236 e. The lowest BCUT2D eigenvalue weighted by Gasteiger charge is -2.18. The zero-order valence-corrected chi connectivity index (χ0v) is 7.91. The molecule has 0 aliphatic rings. The Hall–Kier alpha value is -0.610. The van der Waals surface area contributed by atoms with Crippen LogP contribution in [-0.4, -0.2) is 24.7 Å². The summed E-state index contributed by atoms with van der Waals surface area (Å²) in [4.78, 5) is 10.5. The summed E-state index contributed by atoms with van der Waals surface area (Å²) in [6, 6.07) is -0.689. The Morgan fingerprint density at radius 3 is 2.25 bits per heavy atom. The van der Waals surface area contributed by atoms with Gasteiger partial charge < -0.3 is 16.2 Å². The molecule has 1 amide bonds. The van der Waals surface area contributed by atoms with Crippen molar-refractivity contribution < 1.29 is 9.53 Å². The molecule has 0 heterocycles. The van der Waals surface area contributed by atoms with Gasteiger partial charge in [0.25, 0.3) is 0 Å². The predicted octanol–water partition coefficient (Wildman–Crippen LogP) is -0.140. The zero-order chi connectivity index (χ0) is 9.72. The number of nitrogens with two attached hydrogens (primary N) is 2. The normalized spacial score (nSPS) is 16.1. The van der Waals surface area contributed by atoms with E-state index in [0.717, 1.165) is 0 Å². The van der Waals surface area contributed by atoms with Crippen molar-refractivity contribution in [2.75, 3.05) is 6.61 Å². The highest BCUT2D eigenvalue weighted by molar-refractivity contribution is 5.79. The number of ether oxygens (including phenoxy) is 1. The van der Waals surface area contributed by atoms with E-state index in [1.54, 1.807) is 0 Å². The minimum Gasteiger partial charge on any atom is -0.376 e. The minimum atomic E-state index is -0.689. The first-order valence-electron chi connectivity index (χ1n) is 4.11. The molecule has 0 rings (SSSR count). The standard InChI is InChI=1S/C8H18N2O2/c1-5(2)6(3)12-4-7(9)8(10)11/h5-7H,4,9H2,1-3H3,(H2,10,11). The molecule has 0 aromatic carbocycles. The molecule has 2 unspecified atom stereocenters. The largest absolute Gasteiger partial charge is 0.376 e. The van der Waals surface area contributed by atoms with Gasteiger partial charge in [-0.3, -0.25) is 4.79 Å². The van der Waals surface area contributed by atoms with Crippen molar-refractivity contribution >= 4 is 5.91 Å². The first-order chi connectivity index (χ1) is 5.45. The molecule has 2 atom stereocenters.